The summed E-state index contributed by atoms with van der Waals surface area (Å²) >= 11 is 0. The molecule has 78 valence electrons. The first-order chi connectivity index (χ1) is 7.25. The van der Waals surface area contributed by atoms with Crippen LogP contribution in [0.3, 0.4) is 0 Å². The van der Waals surface area contributed by atoms with Gasteiger partial charge in [0.05, 0.1) is 5.69 Å². The van der Waals surface area contributed by atoms with Gasteiger partial charge in [0.2, 0.25) is 0 Å². The minimum atomic E-state index is 0.197. The molecule has 0 amide bonds. The Morgan fingerprint density at radius 3 is 2.60 bits per heavy atom. The predicted molar refractivity (Wildman–Crippen MR) is 58.7 cm³/mol. The zero-order valence-corrected chi connectivity index (χ0v) is 8.67. The molecule has 2 N–H and O–H groups in total. The Morgan fingerprint density at radius 2 is 2.07 bits per heavy atom. The monoisotopic (exact) mass is 202 g/mol. The summed E-state index contributed by atoms with van der Waals surface area (Å²) in [6.45, 7) is 2.01. The lowest BCUT2D eigenvalue weighted by Crippen LogP contribution is -2.17. The van der Waals surface area contributed by atoms with E-state index in [1.165, 1.54) is 11.9 Å². The molecule has 0 saturated carbocycles. The van der Waals surface area contributed by atoms with Gasteiger partial charge in [-0.05, 0) is 31.0 Å². The minimum Gasteiger partial charge on any atom is -0.328 e. The van der Waals surface area contributed by atoms with E-state index in [0.717, 1.165) is 12.1 Å². The normalized spacial score (nSPS) is 12.7. The van der Waals surface area contributed by atoms with Crippen LogP contribution in [0.2, 0.25) is 0 Å². The van der Waals surface area contributed by atoms with Gasteiger partial charge in [-0.2, -0.15) is 5.10 Å². The highest BCUT2D eigenvalue weighted by Crippen LogP contribution is 2.09. The number of benzene rings is 1. The van der Waals surface area contributed by atoms with Gasteiger partial charge in [0.25, 0.3) is 0 Å². The molecule has 1 aromatic carbocycles. The molecule has 4 nitrogen and oxygen atoms in total. The summed E-state index contributed by atoms with van der Waals surface area (Å²) < 4.78 is 1.73. The SMILES string of the molecule is CC(N)Cc1ccc(-n2cncn2)cc1. The van der Waals surface area contributed by atoms with Crippen LogP contribution in [0.4, 0.5) is 0 Å². The molecule has 0 aliphatic rings. The van der Waals surface area contributed by atoms with E-state index >= 15 is 0 Å². The van der Waals surface area contributed by atoms with Crippen LogP contribution in [0.5, 0.6) is 0 Å². The summed E-state index contributed by atoms with van der Waals surface area (Å²) in [5.41, 5.74) is 7.99. The largest absolute Gasteiger partial charge is 0.328 e. The molecule has 2 aromatic rings. The van der Waals surface area contributed by atoms with Gasteiger partial charge >= 0.3 is 0 Å². The summed E-state index contributed by atoms with van der Waals surface area (Å²) in [5, 5.41) is 4.06. The fourth-order valence-electron chi connectivity index (χ4n) is 1.50. The van der Waals surface area contributed by atoms with E-state index in [4.69, 9.17) is 5.73 Å². The van der Waals surface area contributed by atoms with Crippen LogP contribution in [0.15, 0.2) is 36.9 Å². The molecule has 0 fully saturated rings. The van der Waals surface area contributed by atoms with Crippen molar-refractivity contribution in [3.63, 3.8) is 0 Å². The molecule has 0 spiro atoms. The van der Waals surface area contributed by atoms with Crippen LogP contribution < -0.4 is 5.73 Å². The van der Waals surface area contributed by atoms with Crippen molar-refractivity contribution in [3.05, 3.63) is 42.5 Å². The topological polar surface area (TPSA) is 56.7 Å². The van der Waals surface area contributed by atoms with Gasteiger partial charge in [0, 0.05) is 6.04 Å². The fraction of sp³-hybridized carbons (Fsp3) is 0.273. The van der Waals surface area contributed by atoms with E-state index in [2.05, 4.69) is 22.2 Å². The molecule has 2 rings (SSSR count). The van der Waals surface area contributed by atoms with E-state index < -0.39 is 0 Å². The maximum absolute atomic E-state index is 5.73. The molecule has 0 aliphatic heterocycles. The molecule has 0 bridgehead atoms. The molecule has 1 heterocycles. The van der Waals surface area contributed by atoms with E-state index in [-0.39, 0.29) is 6.04 Å². The summed E-state index contributed by atoms with van der Waals surface area (Å²) in [6, 6.07) is 8.38. The van der Waals surface area contributed by atoms with Crippen molar-refractivity contribution in [1.29, 1.82) is 0 Å². The Hall–Kier alpha value is -1.68. The van der Waals surface area contributed by atoms with Gasteiger partial charge in [0.1, 0.15) is 12.7 Å². The van der Waals surface area contributed by atoms with Crippen molar-refractivity contribution in [2.75, 3.05) is 0 Å². The second-order valence-corrected chi connectivity index (χ2v) is 3.69. The highest BCUT2D eigenvalue weighted by Gasteiger charge is 1.99. The Morgan fingerprint density at radius 1 is 1.33 bits per heavy atom. The van der Waals surface area contributed by atoms with Crippen molar-refractivity contribution in [1.82, 2.24) is 14.8 Å². The smallest absolute Gasteiger partial charge is 0.138 e. The maximum atomic E-state index is 5.73. The Labute approximate surface area is 88.8 Å². The highest BCUT2D eigenvalue weighted by molar-refractivity contribution is 5.33. The number of nitrogens with zero attached hydrogens (tertiary/aromatic N) is 3. The molecule has 0 radical (unpaired) electrons. The molecular weight excluding hydrogens is 188 g/mol. The third-order valence-corrected chi connectivity index (χ3v) is 2.18. The molecule has 15 heavy (non-hydrogen) atoms. The summed E-state index contributed by atoms with van der Waals surface area (Å²) in [5.74, 6) is 0. The maximum Gasteiger partial charge on any atom is 0.138 e. The zero-order valence-electron chi connectivity index (χ0n) is 8.67. The first kappa shape index (κ1) is 9.86. The third kappa shape index (κ3) is 2.41. The lowest BCUT2D eigenvalue weighted by Gasteiger charge is -2.06. The second kappa shape index (κ2) is 4.23. The average Bonchev–Trinajstić information content (AvgIpc) is 2.71. The van der Waals surface area contributed by atoms with Gasteiger partial charge in [0.15, 0.2) is 0 Å². The lowest BCUT2D eigenvalue weighted by atomic mass is 10.1. The predicted octanol–water partition coefficient (Wildman–Crippen LogP) is 1.16. The van der Waals surface area contributed by atoms with Crippen molar-refractivity contribution in [2.45, 2.75) is 19.4 Å². The number of aromatic nitrogens is 3. The molecular formula is C11H14N4. The van der Waals surface area contributed by atoms with E-state index in [1.807, 2.05) is 19.1 Å². The van der Waals surface area contributed by atoms with E-state index in [9.17, 15) is 0 Å². The second-order valence-electron chi connectivity index (χ2n) is 3.69. The minimum absolute atomic E-state index is 0.197. The van der Waals surface area contributed by atoms with Gasteiger partial charge < -0.3 is 5.73 Å². The third-order valence-electron chi connectivity index (χ3n) is 2.18. The van der Waals surface area contributed by atoms with Crippen molar-refractivity contribution in [2.24, 2.45) is 5.73 Å². The molecule has 0 saturated heterocycles. The van der Waals surface area contributed by atoms with Gasteiger partial charge in [-0.25, -0.2) is 9.67 Å². The zero-order chi connectivity index (χ0) is 10.7. The van der Waals surface area contributed by atoms with Crippen LogP contribution in [0.25, 0.3) is 5.69 Å². The fourth-order valence-corrected chi connectivity index (χ4v) is 1.50. The van der Waals surface area contributed by atoms with Gasteiger partial charge in [-0.3, -0.25) is 0 Å². The summed E-state index contributed by atoms with van der Waals surface area (Å²) in [6.07, 6.45) is 4.11. The number of hydrogen-bond donors (Lipinski definition) is 1. The molecule has 4 heteroatoms. The highest BCUT2D eigenvalue weighted by atomic mass is 15.3. The van der Waals surface area contributed by atoms with Gasteiger partial charge in [-0.15, -0.1) is 0 Å². The molecule has 0 aliphatic carbocycles. The number of nitrogens with two attached hydrogens (primary N) is 1. The van der Waals surface area contributed by atoms with E-state index in [0.29, 0.717) is 0 Å². The summed E-state index contributed by atoms with van der Waals surface area (Å²) in [4.78, 5) is 3.90. The van der Waals surface area contributed by atoms with Crippen LogP contribution in [0.1, 0.15) is 12.5 Å². The molecule has 1 unspecified atom stereocenters. The number of rotatable bonds is 3. The number of hydrogen-bond acceptors (Lipinski definition) is 3. The van der Waals surface area contributed by atoms with E-state index in [1.54, 1.807) is 11.0 Å². The summed E-state index contributed by atoms with van der Waals surface area (Å²) in [7, 11) is 0. The van der Waals surface area contributed by atoms with Crippen LogP contribution in [0, 0.1) is 0 Å². The molecule has 1 atom stereocenters. The van der Waals surface area contributed by atoms with Crippen LogP contribution in [-0.2, 0) is 6.42 Å². The lowest BCUT2D eigenvalue weighted by molar-refractivity contribution is 0.737. The first-order valence-corrected chi connectivity index (χ1v) is 4.95. The van der Waals surface area contributed by atoms with Crippen LogP contribution in [-0.4, -0.2) is 20.8 Å². The average molecular weight is 202 g/mol. The van der Waals surface area contributed by atoms with Crippen molar-refractivity contribution < 1.29 is 0 Å². The Balaban J connectivity index is 2.17. The van der Waals surface area contributed by atoms with Crippen molar-refractivity contribution >= 4 is 0 Å². The quantitative estimate of drug-likeness (QED) is 0.812. The standard InChI is InChI=1S/C11H14N4/c1-9(12)6-10-2-4-11(5-3-10)15-8-13-7-14-15/h2-5,7-9H,6,12H2,1H3. The van der Waals surface area contributed by atoms with Gasteiger partial charge in [-0.1, -0.05) is 12.1 Å². The first-order valence-electron chi connectivity index (χ1n) is 4.95. The van der Waals surface area contributed by atoms with Crippen molar-refractivity contribution in [3.8, 4) is 5.69 Å². The Kier molecular flexibility index (Phi) is 2.78. The Bertz CT molecular complexity index is 403. The van der Waals surface area contributed by atoms with Crippen LogP contribution >= 0.6 is 0 Å². The molecule has 1 aromatic heterocycles.